The quantitative estimate of drug-likeness (QED) is 0.581. The first-order chi connectivity index (χ1) is 14.6. The van der Waals surface area contributed by atoms with E-state index in [2.05, 4.69) is 51.5 Å². The molecule has 160 valence electrons. The largest absolute Gasteiger partial charge is 0.360 e. The molecule has 0 aromatic heterocycles. The number of hydrogen-bond acceptors (Lipinski definition) is 2. The Labute approximate surface area is 195 Å². The molecular weight excluding hydrogens is 433 g/mol. The molecule has 0 saturated carbocycles. The minimum Gasteiger partial charge on any atom is -0.360 e. The zero-order chi connectivity index (χ0) is 20.9. The summed E-state index contributed by atoms with van der Waals surface area (Å²) >= 11 is 17.8. The van der Waals surface area contributed by atoms with Crippen molar-refractivity contribution in [2.45, 2.75) is 31.7 Å². The first-order valence-electron chi connectivity index (χ1n) is 10.8. The highest BCUT2D eigenvalue weighted by molar-refractivity contribution is 7.80. The zero-order valence-electron chi connectivity index (χ0n) is 17.2. The van der Waals surface area contributed by atoms with Gasteiger partial charge in [0.25, 0.3) is 0 Å². The lowest BCUT2D eigenvalue weighted by molar-refractivity contribution is 0.161. The molecule has 2 aromatic rings. The minimum absolute atomic E-state index is 0.465. The Bertz CT molecular complexity index is 853. The predicted molar refractivity (Wildman–Crippen MR) is 131 cm³/mol. The third-order valence-corrected chi connectivity index (χ3v) is 7.49. The average molecular weight is 462 g/mol. The summed E-state index contributed by atoms with van der Waals surface area (Å²) in [5.41, 5.74) is 2.64. The van der Waals surface area contributed by atoms with E-state index in [4.69, 9.17) is 35.4 Å². The lowest BCUT2D eigenvalue weighted by Crippen LogP contribution is -2.43. The summed E-state index contributed by atoms with van der Waals surface area (Å²) in [4.78, 5) is 5.01. The summed E-state index contributed by atoms with van der Waals surface area (Å²) in [6, 6.07) is 17.2. The Balaban J connectivity index is 1.24. The van der Waals surface area contributed by atoms with Gasteiger partial charge in [-0.2, -0.15) is 0 Å². The Morgan fingerprint density at radius 3 is 2.47 bits per heavy atom. The second kappa shape index (κ2) is 10.3. The lowest BCUT2D eigenvalue weighted by Gasteiger charge is -2.35. The first kappa shape index (κ1) is 21.9. The fourth-order valence-corrected chi connectivity index (χ4v) is 5.16. The van der Waals surface area contributed by atoms with Crippen LogP contribution in [0.5, 0.6) is 0 Å². The normalized spacial score (nSPS) is 20.5. The van der Waals surface area contributed by atoms with Crippen LogP contribution in [0.15, 0.2) is 48.5 Å². The van der Waals surface area contributed by atoms with Gasteiger partial charge in [0, 0.05) is 19.6 Å². The molecule has 2 heterocycles. The van der Waals surface area contributed by atoms with Crippen LogP contribution in [0.4, 0.5) is 0 Å². The fraction of sp³-hybridized carbons (Fsp3) is 0.458. The maximum atomic E-state index is 6.14. The van der Waals surface area contributed by atoms with Gasteiger partial charge in [-0.1, -0.05) is 59.6 Å². The highest BCUT2D eigenvalue weighted by Crippen LogP contribution is 2.25. The molecule has 30 heavy (non-hydrogen) atoms. The van der Waals surface area contributed by atoms with Gasteiger partial charge in [-0.15, -0.1) is 0 Å². The van der Waals surface area contributed by atoms with Crippen molar-refractivity contribution in [3.05, 3.63) is 69.7 Å². The Kier molecular flexibility index (Phi) is 7.53. The molecule has 2 fully saturated rings. The van der Waals surface area contributed by atoms with Crippen molar-refractivity contribution in [1.82, 2.24) is 15.1 Å². The molecule has 6 heteroatoms. The van der Waals surface area contributed by atoms with E-state index in [1.54, 1.807) is 0 Å². The minimum atomic E-state index is 0.465. The van der Waals surface area contributed by atoms with Crippen LogP contribution in [-0.4, -0.2) is 53.7 Å². The van der Waals surface area contributed by atoms with E-state index < -0.39 is 0 Å². The molecule has 2 aliphatic heterocycles. The van der Waals surface area contributed by atoms with Gasteiger partial charge in [-0.25, -0.2) is 0 Å². The predicted octanol–water partition coefficient (Wildman–Crippen LogP) is 5.05. The zero-order valence-corrected chi connectivity index (χ0v) is 19.5. The van der Waals surface area contributed by atoms with Crippen LogP contribution in [0.2, 0.25) is 10.0 Å². The average Bonchev–Trinajstić information content (AvgIpc) is 3.10. The molecule has 1 N–H and O–H groups in total. The number of nitrogens with one attached hydrogen (secondary N) is 1. The second-order valence-electron chi connectivity index (χ2n) is 8.47. The Hall–Kier alpha value is -1.33. The number of rotatable bonds is 7. The van der Waals surface area contributed by atoms with E-state index in [0.717, 1.165) is 50.7 Å². The molecule has 0 amide bonds. The van der Waals surface area contributed by atoms with Crippen molar-refractivity contribution in [2.75, 3.05) is 32.7 Å². The van der Waals surface area contributed by atoms with Gasteiger partial charge in [0.15, 0.2) is 5.11 Å². The molecule has 2 aliphatic rings. The van der Waals surface area contributed by atoms with E-state index >= 15 is 0 Å². The van der Waals surface area contributed by atoms with Crippen molar-refractivity contribution < 1.29 is 0 Å². The van der Waals surface area contributed by atoms with Crippen LogP contribution in [0.3, 0.4) is 0 Å². The summed E-state index contributed by atoms with van der Waals surface area (Å²) in [6.07, 6.45) is 4.54. The lowest BCUT2D eigenvalue weighted by atomic mass is 9.95. The summed E-state index contributed by atoms with van der Waals surface area (Å²) in [7, 11) is 0. The Morgan fingerprint density at radius 2 is 1.73 bits per heavy atom. The molecular formula is C24H29Cl2N3S. The van der Waals surface area contributed by atoms with Gasteiger partial charge >= 0.3 is 0 Å². The molecule has 0 unspecified atom stereocenters. The van der Waals surface area contributed by atoms with Crippen molar-refractivity contribution >= 4 is 40.5 Å². The number of nitrogens with zero attached hydrogens (tertiary/aromatic N) is 2. The number of benzene rings is 2. The van der Waals surface area contributed by atoms with Crippen LogP contribution >= 0.6 is 35.4 Å². The summed E-state index contributed by atoms with van der Waals surface area (Å²) in [6.45, 7) is 5.41. The number of thiocarbonyl (C=S) groups is 1. The number of hydrogen-bond donors (Lipinski definition) is 1. The third-order valence-electron chi connectivity index (χ3n) is 6.37. The van der Waals surface area contributed by atoms with Crippen molar-refractivity contribution in [3.8, 4) is 0 Å². The molecule has 2 saturated heterocycles. The maximum absolute atomic E-state index is 6.14. The number of piperidine rings is 1. The number of likely N-dealkylation sites (tertiary alicyclic amines) is 1. The summed E-state index contributed by atoms with van der Waals surface area (Å²) < 4.78 is 0. The molecule has 4 rings (SSSR count). The van der Waals surface area contributed by atoms with Crippen LogP contribution in [0.1, 0.15) is 24.0 Å². The van der Waals surface area contributed by atoms with E-state index in [1.807, 2.05) is 12.1 Å². The van der Waals surface area contributed by atoms with E-state index in [9.17, 15) is 0 Å². The summed E-state index contributed by atoms with van der Waals surface area (Å²) in [5.74, 6) is 0.711. The van der Waals surface area contributed by atoms with Crippen LogP contribution in [0.25, 0.3) is 0 Å². The van der Waals surface area contributed by atoms with Gasteiger partial charge in [0.1, 0.15) is 0 Å². The van der Waals surface area contributed by atoms with Crippen molar-refractivity contribution in [3.63, 3.8) is 0 Å². The molecule has 0 bridgehead atoms. The molecule has 2 aromatic carbocycles. The van der Waals surface area contributed by atoms with Gasteiger partial charge < -0.3 is 15.1 Å². The van der Waals surface area contributed by atoms with Crippen molar-refractivity contribution in [2.24, 2.45) is 5.92 Å². The van der Waals surface area contributed by atoms with Gasteiger partial charge in [0.2, 0.25) is 0 Å². The van der Waals surface area contributed by atoms with Gasteiger partial charge in [-0.05, 0) is 80.2 Å². The molecule has 0 spiro atoms. The van der Waals surface area contributed by atoms with Gasteiger partial charge in [0.05, 0.1) is 16.1 Å². The van der Waals surface area contributed by atoms with E-state index in [-0.39, 0.29) is 0 Å². The van der Waals surface area contributed by atoms with Crippen LogP contribution < -0.4 is 5.32 Å². The van der Waals surface area contributed by atoms with E-state index in [0.29, 0.717) is 22.0 Å². The van der Waals surface area contributed by atoms with Gasteiger partial charge in [-0.3, -0.25) is 0 Å². The molecule has 3 nitrogen and oxygen atoms in total. The SMILES string of the molecule is S=C1NC[C@H](Cc2ccccc2)N1CC1CCN(CCc2ccc(Cl)c(Cl)c2)CC1. The third kappa shape index (κ3) is 5.67. The molecule has 1 atom stereocenters. The first-order valence-corrected chi connectivity index (χ1v) is 12.0. The number of halogens is 2. The smallest absolute Gasteiger partial charge is 0.169 e. The topological polar surface area (TPSA) is 18.5 Å². The standard InChI is InChI=1S/C24H29Cl2N3S/c25-22-7-6-19(15-23(22)26)8-11-28-12-9-20(10-13-28)17-29-21(16-27-24(29)30)14-18-4-2-1-3-5-18/h1-7,15,20-21H,8-14,16-17H2,(H,27,30)/t21-/m0/s1. The fourth-order valence-electron chi connectivity index (χ4n) is 4.54. The maximum Gasteiger partial charge on any atom is 0.169 e. The highest BCUT2D eigenvalue weighted by Gasteiger charge is 2.31. The Morgan fingerprint density at radius 1 is 0.967 bits per heavy atom. The summed E-state index contributed by atoms with van der Waals surface area (Å²) in [5, 5.41) is 5.61. The monoisotopic (exact) mass is 461 g/mol. The molecule has 0 aliphatic carbocycles. The highest BCUT2D eigenvalue weighted by atomic mass is 35.5. The van der Waals surface area contributed by atoms with Crippen LogP contribution in [-0.2, 0) is 12.8 Å². The molecule has 0 radical (unpaired) electrons. The van der Waals surface area contributed by atoms with E-state index in [1.165, 1.54) is 24.0 Å². The van der Waals surface area contributed by atoms with Crippen molar-refractivity contribution in [1.29, 1.82) is 0 Å². The second-order valence-corrected chi connectivity index (χ2v) is 9.67. The van der Waals surface area contributed by atoms with Crippen LogP contribution in [0, 0.1) is 5.92 Å².